The fraction of sp³-hybridized carbons (Fsp3) is 0.136. The Morgan fingerprint density at radius 1 is 1.20 bits per heavy atom. The van der Waals surface area contributed by atoms with Crippen molar-refractivity contribution < 1.29 is 13.9 Å². The van der Waals surface area contributed by atoms with E-state index in [1.165, 1.54) is 23.5 Å². The minimum Gasteiger partial charge on any atom is -0.466 e. The molecule has 2 aromatic carbocycles. The zero-order valence-electron chi connectivity index (χ0n) is 16.0. The van der Waals surface area contributed by atoms with E-state index in [2.05, 4.69) is 15.3 Å². The molecular weight excluding hydrogens is 425 g/mol. The number of carbonyl (C=O) groups excluding carboxylic acids is 1. The maximum Gasteiger partial charge on any atom is 0.313 e. The second-order valence-corrected chi connectivity index (χ2v) is 7.68. The monoisotopic (exact) mass is 441 g/mol. The zero-order valence-corrected chi connectivity index (χ0v) is 17.6. The summed E-state index contributed by atoms with van der Waals surface area (Å²) in [6, 6.07) is 14.2. The average molecular weight is 442 g/mol. The molecule has 0 aliphatic rings. The summed E-state index contributed by atoms with van der Waals surface area (Å²) in [5.41, 5.74) is 2.56. The first kappa shape index (κ1) is 20.3. The van der Waals surface area contributed by atoms with Crippen molar-refractivity contribution in [3.8, 4) is 11.1 Å². The molecule has 0 atom stereocenters. The molecule has 2 heterocycles. The van der Waals surface area contributed by atoms with Crippen LogP contribution in [0.25, 0.3) is 21.3 Å². The van der Waals surface area contributed by atoms with Gasteiger partial charge in [-0.25, -0.2) is 14.4 Å². The van der Waals surface area contributed by atoms with Gasteiger partial charge in [0.15, 0.2) is 0 Å². The lowest BCUT2D eigenvalue weighted by Gasteiger charge is -2.11. The summed E-state index contributed by atoms with van der Waals surface area (Å²) < 4.78 is 18.6. The number of nitrogens with one attached hydrogen (secondary N) is 1. The lowest BCUT2D eigenvalue weighted by Crippen LogP contribution is -2.11. The van der Waals surface area contributed by atoms with Gasteiger partial charge >= 0.3 is 5.97 Å². The van der Waals surface area contributed by atoms with E-state index in [4.69, 9.17) is 16.3 Å². The molecule has 0 aliphatic heterocycles. The maximum absolute atomic E-state index is 13.6. The number of carbonyl (C=O) groups is 1. The highest BCUT2D eigenvalue weighted by atomic mass is 35.5. The Morgan fingerprint density at radius 2 is 2.00 bits per heavy atom. The first-order chi connectivity index (χ1) is 14.5. The molecular formula is C22H17ClFN3O2S. The number of esters is 1. The van der Waals surface area contributed by atoms with E-state index in [1.54, 1.807) is 13.0 Å². The van der Waals surface area contributed by atoms with Crippen molar-refractivity contribution in [2.45, 2.75) is 13.3 Å². The molecule has 30 heavy (non-hydrogen) atoms. The molecule has 0 unspecified atom stereocenters. The quantitative estimate of drug-likeness (QED) is 0.372. The number of rotatable bonds is 6. The van der Waals surface area contributed by atoms with Crippen LogP contribution in [0.15, 0.2) is 53.9 Å². The van der Waals surface area contributed by atoms with Gasteiger partial charge in [-0.15, -0.1) is 11.3 Å². The number of nitrogens with zero attached hydrogens (tertiary/aromatic N) is 2. The molecule has 0 bridgehead atoms. The summed E-state index contributed by atoms with van der Waals surface area (Å²) in [7, 11) is 0. The van der Waals surface area contributed by atoms with Crippen LogP contribution in [0.3, 0.4) is 0 Å². The smallest absolute Gasteiger partial charge is 0.313 e. The van der Waals surface area contributed by atoms with E-state index in [0.717, 1.165) is 21.3 Å². The normalized spacial score (nSPS) is 10.9. The van der Waals surface area contributed by atoms with E-state index in [-0.39, 0.29) is 18.1 Å². The maximum atomic E-state index is 13.6. The Labute approximate surface area is 181 Å². The van der Waals surface area contributed by atoms with E-state index in [0.29, 0.717) is 17.3 Å². The minimum atomic E-state index is -0.501. The number of hydrogen-bond acceptors (Lipinski definition) is 6. The third-order valence-corrected chi connectivity index (χ3v) is 5.52. The van der Waals surface area contributed by atoms with Gasteiger partial charge in [-0.1, -0.05) is 41.9 Å². The van der Waals surface area contributed by atoms with Crippen LogP contribution in [-0.2, 0) is 16.0 Å². The molecule has 0 saturated carbocycles. The summed E-state index contributed by atoms with van der Waals surface area (Å²) >= 11 is 7.40. The van der Waals surface area contributed by atoms with Crippen molar-refractivity contribution in [1.29, 1.82) is 0 Å². The third kappa shape index (κ3) is 4.27. The van der Waals surface area contributed by atoms with Crippen molar-refractivity contribution in [3.63, 3.8) is 0 Å². The van der Waals surface area contributed by atoms with E-state index >= 15 is 0 Å². The number of thiophene rings is 1. The number of benzene rings is 2. The van der Waals surface area contributed by atoms with Crippen LogP contribution in [0.1, 0.15) is 12.7 Å². The van der Waals surface area contributed by atoms with Gasteiger partial charge in [0.25, 0.3) is 0 Å². The molecule has 4 aromatic rings. The van der Waals surface area contributed by atoms with Gasteiger partial charge < -0.3 is 10.1 Å². The van der Waals surface area contributed by atoms with Gasteiger partial charge in [0.05, 0.1) is 17.0 Å². The number of anilines is 2. The van der Waals surface area contributed by atoms with Crippen molar-refractivity contribution in [2.24, 2.45) is 0 Å². The molecule has 8 heteroatoms. The number of aromatic nitrogens is 2. The first-order valence-corrected chi connectivity index (χ1v) is 10.5. The number of hydrogen-bond donors (Lipinski definition) is 1. The lowest BCUT2D eigenvalue weighted by atomic mass is 10.1. The summed E-state index contributed by atoms with van der Waals surface area (Å²) in [5.74, 6) is -0.0359. The Balaban J connectivity index is 1.83. The summed E-state index contributed by atoms with van der Waals surface area (Å²) in [5, 5.41) is 6.04. The molecule has 2 aromatic heterocycles. The molecule has 0 spiro atoms. The Bertz CT molecular complexity index is 1210. The zero-order chi connectivity index (χ0) is 21.1. The van der Waals surface area contributed by atoms with Gasteiger partial charge in [-0.05, 0) is 30.7 Å². The van der Waals surface area contributed by atoms with Gasteiger partial charge in [0.2, 0.25) is 0 Å². The molecule has 0 fully saturated rings. The van der Waals surface area contributed by atoms with Crippen LogP contribution in [0, 0.1) is 5.82 Å². The highest BCUT2D eigenvalue weighted by molar-refractivity contribution is 7.17. The largest absolute Gasteiger partial charge is 0.466 e. The summed E-state index contributed by atoms with van der Waals surface area (Å²) in [6.45, 7) is 2.04. The molecule has 152 valence electrons. The van der Waals surface area contributed by atoms with Crippen molar-refractivity contribution in [3.05, 3.63) is 70.6 Å². The average Bonchev–Trinajstić information content (AvgIpc) is 3.16. The molecule has 0 aliphatic carbocycles. The fourth-order valence-corrected chi connectivity index (χ4v) is 4.18. The molecule has 5 nitrogen and oxygen atoms in total. The molecule has 1 N–H and O–H groups in total. The molecule has 0 radical (unpaired) electrons. The van der Waals surface area contributed by atoms with Crippen LogP contribution in [0.4, 0.5) is 15.9 Å². The molecule has 0 saturated heterocycles. The Hall–Kier alpha value is -3.03. The summed E-state index contributed by atoms with van der Waals surface area (Å²) in [6.07, 6.45) is -0.0405. The number of fused-ring (bicyclic) bond motifs is 1. The first-order valence-electron chi connectivity index (χ1n) is 9.26. The van der Waals surface area contributed by atoms with Gasteiger partial charge in [0.1, 0.15) is 28.7 Å². The molecule has 0 amide bonds. The summed E-state index contributed by atoms with van der Waals surface area (Å²) in [4.78, 5) is 21.8. The Morgan fingerprint density at radius 3 is 2.73 bits per heavy atom. The highest BCUT2D eigenvalue weighted by Crippen LogP contribution is 2.38. The van der Waals surface area contributed by atoms with Crippen molar-refractivity contribution >= 4 is 50.6 Å². The van der Waals surface area contributed by atoms with Crippen LogP contribution in [0.2, 0.25) is 5.02 Å². The van der Waals surface area contributed by atoms with Crippen molar-refractivity contribution in [2.75, 3.05) is 11.9 Å². The fourth-order valence-electron chi connectivity index (χ4n) is 3.04. The third-order valence-electron chi connectivity index (χ3n) is 4.35. The molecule has 4 rings (SSSR count). The SMILES string of the molecule is CCOC(=O)Cc1nc(Nc2ccc(F)c(Cl)c2)c2c(-c3ccccc3)csc2n1. The predicted octanol–water partition coefficient (Wildman–Crippen LogP) is 6.00. The Kier molecular flexibility index (Phi) is 5.92. The number of halogens is 2. The van der Waals surface area contributed by atoms with Gasteiger partial charge in [-0.2, -0.15) is 0 Å². The minimum absolute atomic E-state index is 0.00523. The van der Waals surface area contributed by atoms with Crippen LogP contribution < -0.4 is 5.32 Å². The van der Waals surface area contributed by atoms with E-state index < -0.39 is 11.8 Å². The second kappa shape index (κ2) is 8.77. The topological polar surface area (TPSA) is 64.1 Å². The van der Waals surface area contributed by atoms with Crippen LogP contribution in [0.5, 0.6) is 0 Å². The van der Waals surface area contributed by atoms with Crippen molar-refractivity contribution in [1.82, 2.24) is 9.97 Å². The van der Waals surface area contributed by atoms with Crippen LogP contribution in [-0.4, -0.2) is 22.5 Å². The predicted molar refractivity (Wildman–Crippen MR) is 118 cm³/mol. The number of ether oxygens (including phenoxy) is 1. The van der Waals surface area contributed by atoms with Crippen LogP contribution >= 0.6 is 22.9 Å². The second-order valence-electron chi connectivity index (χ2n) is 6.42. The van der Waals surface area contributed by atoms with E-state index in [1.807, 2.05) is 35.7 Å². The lowest BCUT2D eigenvalue weighted by molar-refractivity contribution is -0.142. The standard InChI is InChI=1S/C22H17ClFN3O2S/c1-2-29-19(28)11-18-26-21(25-14-8-9-17(24)16(23)10-14)20-15(12-30-22(20)27-18)13-6-4-3-5-7-13/h3-10,12H,2,11H2,1H3,(H,25,26,27). The van der Waals surface area contributed by atoms with E-state index in [9.17, 15) is 9.18 Å². The van der Waals surface area contributed by atoms with Gasteiger partial charge in [-0.3, -0.25) is 4.79 Å². The van der Waals surface area contributed by atoms with Gasteiger partial charge in [0, 0.05) is 16.6 Å². The highest BCUT2D eigenvalue weighted by Gasteiger charge is 2.18.